The Morgan fingerprint density at radius 1 is 0.864 bits per heavy atom. The number of carbonyl (C=O) groups is 3. The minimum Gasteiger partial charge on any atom is -0.464 e. The predicted octanol–water partition coefficient (Wildman–Crippen LogP) is 6.76. The molecule has 0 aromatic carbocycles. The van der Waals surface area contributed by atoms with E-state index in [1.54, 1.807) is 6.92 Å². The molecule has 240 valence electrons. The average molecular weight is 628 g/mol. The van der Waals surface area contributed by atoms with Crippen LogP contribution in [0.25, 0.3) is 0 Å². The second-order valence-electron chi connectivity index (χ2n) is 12.2. The van der Waals surface area contributed by atoms with E-state index in [2.05, 4.69) is 56.5 Å². The Labute approximate surface area is 259 Å². The highest BCUT2D eigenvalue weighted by molar-refractivity contribution is 6.77. The van der Waals surface area contributed by atoms with E-state index >= 15 is 0 Å². The molecule has 44 heavy (non-hydrogen) atoms. The topological polar surface area (TPSA) is 155 Å². The summed E-state index contributed by atoms with van der Waals surface area (Å²) in [4.78, 5) is 63.1. The molecule has 3 aromatic rings. The lowest BCUT2D eigenvalue weighted by atomic mass is 9.97. The van der Waals surface area contributed by atoms with Gasteiger partial charge < -0.3 is 23.0 Å². The van der Waals surface area contributed by atoms with Gasteiger partial charge in [0, 0.05) is 37.5 Å². The van der Waals surface area contributed by atoms with Gasteiger partial charge >= 0.3 is 5.97 Å². The van der Waals surface area contributed by atoms with Gasteiger partial charge in [0.2, 0.25) is 5.89 Å². The number of nitrogens with one attached hydrogen (secondary N) is 1. The van der Waals surface area contributed by atoms with Gasteiger partial charge in [-0.05, 0) is 30.0 Å². The molecule has 0 radical (unpaired) electrons. The van der Waals surface area contributed by atoms with Crippen molar-refractivity contribution < 1.29 is 32.4 Å². The molecule has 11 nitrogen and oxygen atoms in total. The number of aryl methyl sites for hydroxylation is 1. The van der Waals surface area contributed by atoms with E-state index in [0.717, 1.165) is 0 Å². The third-order valence-electron chi connectivity index (χ3n) is 8.29. The minimum absolute atomic E-state index is 0.00861. The summed E-state index contributed by atoms with van der Waals surface area (Å²) in [5, 5.41) is 0. The zero-order chi connectivity index (χ0) is 32.8. The second kappa shape index (κ2) is 14.9. The highest BCUT2D eigenvalue weighted by Gasteiger charge is 2.45. The number of oxazole rings is 2. The molecule has 0 fully saturated rings. The number of methoxy groups -OCH3 is 1. The van der Waals surface area contributed by atoms with Crippen LogP contribution in [0, 0.1) is 6.92 Å². The van der Waals surface area contributed by atoms with E-state index in [-0.39, 0.29) is 54.1 Å². The quantitative estimate of drug-likeness (QED) is 0.102. The van der Waals surface area contributed by atoms with Crippen LogP contribution < -0.4 is 5.43 Å². The molecule has 2 unspecified atom stereocenters. The van der Waals surface area contributed by atoms with Crippen LogP contribution in [0.2, 0.25) is 16.6 Å². The van der Waals surface area contributed by atoms with Crippen LogP contribution in [-0.2, 0) is 9.16 Å². The molecule has 0 aliphatic rings. The van der Waals surface area contributed by atoms with Gasteiger partial charge in [-0.3, -0.25) is 14.4 Å². The minimum atomic E-state index is -2.34. The van der Waals surface area contributed by atoms with Crippen molar-refractivity contribution in [2.75, 3.05) is 13.7 Å². The third kappa shape index (κ3) is 7.89. The van der Waals surface area contributed by atoms with E-state index < -0.39 is 31.4 Å². The van der Waals surface area contributed by atoms with Crippen LogP contribution in [0.3, 0.4) is 0 Å². The number of hydrogen-bond donors (Lipinski definition) is 1. The Balaban J connectivity index is 1.91. The van der Waals surface area contributed by atoms with Crippen LogP contribution >= 0.6 is 0 Å². The van der Waals surface area contributed by atoms with Gasteiger partial charge in [-0.2, -0.15) is 0 Å². The number of Topliss-reactive ketones (excluding diaryl/α,β-unsaturated/α-hetero) is 2. The van der Waals surface area contributed by atoms with Gasteiger partial charge in [0.05, 0.1) is 30.1 Å². The van der Waals surface area contributed by atoms with E-state index in [1.807, 2.05) is 6.92 Å². The summed E-state index contributed by atoms with van der Waals surface area (Å²) in [5.41, 5.74) is 1.12. The highest BCUT2D eigenvalue weighted by atomic mass is 28.4. The Hall–Kier alpha value is -3.64. The number of ketones is 2. The largest absolute Gasteiger partial charge is 0.464 e. The van der Waals surface area contributed by atoms with Crippen LogP contribution in [0.1, 0.15) is 129 Å². The van der Waals surface area contributed by atoms with Crippen LogP contribution in [0.5, 0.6) is 0 Å². The second-order valence-corrected chi connectivity index (χ2v) is 17.7. The summed E-state index contributed by atoms with van der Waals surface area (Å²) in [5.74, 6) is -1.76. The van der Waals surface area contributed by atoms with Crippen molar-refractivity contribution in [3.05, 3.63) is 69.4 Å². The molecule has 3 aromatic heterocycles. The lowest BCUT2D eigenvalue weighted by Gasteiger charge is -2.42. The first kappa shape index (κ1) is 34.8. The summed E-state index contributed by atoms with van der Waals surface area (Å²) >= 11 is 0. The number of nitrogens with zero attached hydrogens (tertiary/aromatic N) is 2. The molecule has 0 aliphatic heterocycles. The van der Waals surface area contributed by atoms with Crippen LogP contribution in [0.4, 0.5) is 0 Å². The average Bonchev–Trinajstić information content (AvgIpc) is 3.63. The van der Waals surface area contributed by atoms with Gasteiger partial charge in [-0.1, -0.05) is 48.5 Å². The van der Waals surface area contributed by atoms with Crippen molar-refractivity contribution in [1.29, 1.82) is 0 Å². The fourth-order valence-corrected chi connectivity index (χ4v) is 11.6. The van der Waals surface area contributed by atoms with Crippen molar-refractivity contribution in [3.8, 4) is 0 Å². The molecule has 0 saturated carbocycles. The Kier molecular flexibility index (Phi) is 11.8. The molecule has 0 spiro atoms. The maximum absolute atomic E-state index is 13.7. The number of aromatic nitrogens is 3. The molecule has 0 aliphatic carbocycles. The van der Waals surface area contributed by atoms with Gasteiger partial charge in [-0.25, -0.2) is 14.8 Å². The number of pyridine rings is 1. The zero-order valence-corrected chi connectivity index (χ0v) is 28.2. The summed E-state index contributed by atoms with van der Waals surface area (Å²) in [6.45, 7) is 16.8. The number of carbonyl (C=O) groups excluding carboxylic acids is 3. The SMILES string of the molecule is CCC(CC(=O)c1cc(=O)cc(C(=O)CC(CO[Si](C(C)C)(C(C)C)C(C)C)c2nc(C(=O)OC)co2)[nH]1)c1nc(C)co1. The van der Waals surface area contributed by atoms with Gasteiger partial charge in [0.25, 0.3) is 0 Å². The molecule has 0 bridgehead atoms. The van der Waals surface area contributed by atoms with Crippen LogP contribution in [0.15, 0.2) is 38.3 Å². The lowest BCUT2D eigenvalue weighted by Crippen LogP contribution is -2.48. The number of esters is 1. The molecule has 3 rings (SSSR count). The number of ether oxygens (including phenoxy) is 1. The summed E-state index contributed by atoms with van der Waals surface area (Å²) in [7, 11) is -1.10. The summed E-state index contributed by atoms with van der Waals surface area (Å²) in [6, 6.07) is 2.37. The van der Waals surface area contributed by atoms with Gasteiger partial charge in [0.1, 0.15) is 12.5 Å². The molecular formula is C32H45N3O8Si. The fraction of sp³-hybridized carbons (Fsp3) is 0.562. The fourth-order valence-electron chi connectivity index (χ4n) is 6.11. The lowest BCUT2D eigenvalue weighted by molar-refractivity contribution is 0.0593. The first-order valence-corrected chi connectivity index (χ1v) is 17.3. The van der Waals surface area contributed by atoms with Gasteiger partial charge in [-0.15, -0.1) is 0 Å². The third-order valence-corrected chi connectivity index (χ3v) is 14.4. The Morgan fingerprint density at radius 3 is 1.86 bits per heavy atom. The van der Waals surface area contributed by atoms with Gasteiger partial charge in [0.15, 0.2) is 36.9 Å². The Bertz CT molecular complexity index is 1480. The smallest absolute Gasteiger partial charge is 0.360 e. The monoisotopic (exact) mass is 627 g/mol. The maximum Gasteiger partial charge on any atom is 0.360 e. The van der Waals surface area contributed by atoms with Crippen molar-refractivity contribution in [2.45, 2.75) is 103 Å². The standard InChI is InChI=1S/C32H45N3O8Si/c1-10-22(30-33-21(8)15-41-30)11-28(37)25-13-24(36)14-26(34-25)29(38)12-23(31-35-27(17-42-31)32(39)40-9)16-43-44(18(2)3,19(4)5)20(6)7/h13-15,17-20,22-23H,10-12,16H2,1-9H3,(H,34,36). The zero-order valence-electron chi connectivity index (χ0n) is 27.2. The first-order chi connectivity index (χ1) is 20.7. The Morgan fingerprint density at radius 2 is 1.39 bits per heavy atom. The summed E-state index contributed by atoms with van der Waals surface area (Å²) < 4.78 is 22.7. The van der Waals surface area contributed by atoms with Crippen LogP contribution in [-0.4, -0.2) is 54.5 Å². The number of H-pyrrole nitrogens is 1. The van der Waals surface area contributed by atoms with Crippen molar-refractivity contribution in [1.82, 2.24) is 15.0 Å². The van der Waals surface area contributed by atoms with Crippen molar-refractivity contribution >= 4 is 25.9 Å². The highest BCUT2D eigenvalue weighted by Crippen LogP contribution is 2.43. The molecule has 2 atom stereocenters. The molecule has 0 amide bonds. The number of hydrogen-bond acceptors (Lipinski definition) is 10. The van der Waals surface area contributed by atoms with E-state index in [9.17, 15) is 19.2 Å². The van der Waals surface area contributed by atoms with Crippen molar-refractivity contribution in [2.24, 2.45) is 0 Å². The normalized spacial score (nSPS) is 13.5. The molecular weight excluding hydrogens is 582 g/mol. The molecule has 12 heteroatoms. The molecule has 1 N–H and O–H groups in total. The van der Waals surface area contributed by atoms with E-state index in [4.69, 9.17) is 18.0 Å². The molecule has 0 saturated heterocycles. The maximum atomic E-state index is 13.7. The molecule has 3 heterocycles. The first-order valence-electron chi connectivity index (χ1n) is 15.1. The predicted molar refractivity (Wildman–Crippen MR) is 167 cm³/mol. The van der Waals surface area contributed by atoms with E-state index in [0.29, 0.717) is 34.6 Å². The van der Waals surface area contributed by atoms with E-state index in [1.165, 1.54) is 31.8 Å². The number of aromatic amines is 1. The van der Waals surface area contributed by atoms with Crippen molar-refractivity contribution in [3.63, 3.8) is 0 Å². The summed E-state index contributed by atoms with van der Waals surface area (Å²) in [6.07, 6.45) is 3.24. The number of rotatable bonds is 16.